The molecule has 1 heterocycles. The Kier molecular flexibility index (Phi) is 5.18. The summed E-state index contributed by atoms with van der Waals surface area (Å²) in [4.78, 5) is 41.2. The highest BCUT2D eigenvalue weighted by atomic mass is 35.5. The van der Waals surface area contributed by atoms with E-state index in [9.17, 15) is 14.4 Å². The van der Waals surface area contributed by atoms with E-state index in [4.69, 9.17) is 37.4 Å². The Morgan fingerprint density at radius 3 is 2.17 bits per heavy atom. The monoisotopic (exact) mass is 527 g/mol. The molecule has 6 rings (SSSR count). The fraction of sp³-hybridized carbons (Fsp3) is 0.370. The van der Waals surface area contributed by atoms with Crippen LogP contribution in [-0.2, 0) is 11.2 Å². The second kappa shape index (κ2) is 7.98. The molecule has 3 atom stereocenters. The highest BCUT2D eigenvalue weighted by molar-refractivity contribution is 6.61. The standard InChI is InChI=1S/C27H23Cl2NO6/c1-34-18-10-12-8-9-17(30-25(32)13-6-4-5-7-14(13)26(30)33)15-11-16-21(27(28,29)24(16)31)20(15)19(12)23(36-3)22(18)35-2/h4-7,10,16-17,21H,8-9,11H2,1-3H3. The number of methoxy groups -OCH3 is 3. The molecule has 9 heteroatoms. The summed E-state index contributed by atoms with van der Waals surface area (Å²) in [6, 6.07) is 8.15. The van der Waals surface area contributed by atoms with Crippen LogP contribution in [0.25, 0.3) is 5.57 Å². The number of carbonyl (C=O) groups excluding carboxylic acids is 3. The van der Waals surface area contributed by atoms with E-state index in [0.717, 1.165) is 22.3 Å². The van der Waals surface area contributed by atoms with Crippen LogP contribution >= 0.6 is 23.2 Å². The molecular weight excluding hydrogens is 505 g/mol. The Morgan fingerprint density at radius 2 is 1.58 bits per heavy atom. The third-order valence-corrected chi connectivity index (χ3v) is 8.81. The smallest absolute Gasteiger partial charge is 0.262 e. The number of ether oxygens (including phenoxy) is 3. The van der Waals surface area contributed by atoms with Crippen LogP contribution in [0.15, 0.2) is 35.9 Å². The molecule has 186 valence electrons. The van der Waals surface area contributed by atoms with E-state index in [-0.39, 0.29) is 17.6 Å². The molecule has 3 aliphatic carbocycles. The van der Waals surface area contributed by atoms with Crippen LogP contribution in [-0.4, -0.2) is 54.2 Å². The van der Waals surface area contributed by atoms with Crippen molar-refractivity contribution in [1.29, 1.82) is 0 Å². The molecule has 0 saturated heterocycles. The van der Waals surface area contributed by atoms with Gasteiger partial charge >= 0.3 is 0 Å². The van der Waals surface area contributed by atoms with Gasteiger partial charge in [0.15, 0.2) is 21.6 Å². The van der Waals surface area contributed by atoms with Gasteiger partial charge in [0.2, 0.25) is 5.75 Å². The lowest BCUT2D eigenvalue weighted by Gasteiger charge is -2.43. The fourth-order valence-electron chi connectivity index (χ4n) is 6.42. The lowest BCUT2D eigenvalue weighted by Crippen LogP contribution is -2.54. The summed E-state index contributed by atoms with van der Waals surface area (Å²) in [6.07, 6.45) is 1.37. The second-order valence-corrected chi connectivity index (χ2v) is 10.9. The predicted molar refractivity (Wildman–Crippen MR) is 133 cm³/mol. The maximum absolute atomic E-state index is 13.5. The number of rotatable bonds is 4. The van der Waals surface area contributed by atoms with E-state index >= 15 is 0 Å². The Labute approximate surface area is 217 Å². The van der Waals surface area contributed by atoms with E-state index in [0.29, 0.717) is 47.6 Å². The van der Waals surface area contributed by atoms with E-state index < -0.39 is 22.2 Å². The minimum Gasteiger partial charge on any atom is -0.493 e. The first kappa shape index (κ1) is 23.4. The van der Waals surface area contributed by atoms with Gasteiger partial charge in [0.25, 0.3) is 11.8 Å². The third kappa shape index (κ3) is 2.84. The fourth-order valence-corrected chi connectivity index (χ4v) is 7.22. The maximum Gasteiger partial charge on any atom is 0.262 e. The zero-order valence-electron chi connectivity index (χ0n) is 19.9. The summed E-state index contributed by atoms with van der Waals surface area (Å²) < 4.78 is 15.5. The largest absolute Gasteiger partial charge is 0.493 e. The number of ketones is 1. The van der Waals surface area contributed by atoms with Gasteiger partial charge in [-0.25, -0.2) is 0 Å². The van der Waals surface area contributed by atoms with Crippen molar-refractivity contribution >= 4 is 46.4 Å². The molecule has 36 heavy (non-hydrogen) atoms. The van der Waals surface area contributed by atoms with Gasteiger partial charge in [-0.15, -0.1) is 0 Å². The van der Waals surface area contributed by atoms with E-state index in [1.807, 2.05) is 6.07 Å². The van der Waals surface area contributed by atoms with Crippen LogP contribution in [0.2, 0.25) is 0 Å². The van der Waals surface area contributed by atoms with Crippen LogP contribution < -0.4 is 14.2 Å². The van der Waals surface area contributed by atoms with Crippen molar-refractivity contribution in [2.24, 2.45) is 11.8 Å². The average molecular weight is 528 g/mol. The number of Topliss-reactive ketones (excluding diaryl/α,β-unsaturated/α-hetero) is 1. The van der Waals surface area contributed by atoms with Crippen molar-refractivity contribution in [3.63, 3.8) is 0 Å². The molecule has 0 bridgehead atoms. The predicted octanol–water partition coefficient (Wildman–Crippen LogP) is 4.47. The highest BCUT2D eigenvalue weighted by Crippen LogP contribution is 2.65. The normalized spacial score (nSPS) is 25.5. The van der Waals surface area contributed by atoms with Crippen molar-refractivity contribution in [1.82, 2.24) is 4.90 Å². The molecule has 0 N–H and O–H groups in total. The van der Waals surface area contributed by atoms with Crippen molar-refractivity contribution in [2.75, 3.05) is 21.3 Å². The van der Waals surface area contributed by atoms with Gasteiger partial charge in [-0.2, -0.15) is 0 Å². The van der Waals surface area contributed by atoms with Gasteiger partial charge in [-0.05, 0) is 54.2 Å². The van der Waals surface area contributed by atoms with Gasteiger partial charge < -0.3 is 14.2 Å². The Morgan fingerprint density at radius 1 is 0.944 bits per heavy atom. The van der Waals surface area contributed by atoms with Gasteiger partial charge in [-0.1, -0.05) is 35.3 Å². The third-order valence-electron chi connectivity index (χ3n) is 7.96. The molecule has 1 saturated carbocycles. The number of aryl methyl sites for hydroxylation is 1. The van der Waals surface area contributed by atoms with E-state index in [1.54, 1.807) is 31.4 Å². The minimum atomic E-state index is -1.60. The summed E-state index contributed by atoms with van der Waals surface area (Å²) >= 11 is 13.2. The number of imide groups is 1. The van der Waals surface area contributed by atoms with Gasteiger partial charge in [0, 0.05) is 17.4 Å². The van der Waals surface area contributed by atoms with Gasteiger partial charge in [0.1, 0.15) is 0 Å². The number of nitrogens with zero attached hydrogens (tertiary/aromatic N) is 1. The molecule has 0 spiro atoms. The van der Waals surface area contributed by atoms with E-state index in [1.165, 1.54) is 19.1 Å². The number of hydrogen-bond acceptors (Lipinski definition) is 6. The lowest BCUT2D eigenvalue weighted by molar-refractivity contribution is -0.132. The van der Waals surface area contributed by atoms with E-state index in [2.05, 4.69) is 0 Å². The molecule has 0 radical (unpaired) electrons. The number of benzene rings is 2. The number of allylic oxidation sites excluding steroid dienone is 1. The molecule has 2 amide bonds. The van der Waals surface area contributed by atoms with Crippen molar-refractivity contribution in [3.8, 4) is 17.2 Å². The van der Waals surface area contributed by atoms with Crippen LogP contribution in [0.5, 0.6) is 17.2 Å². The van der Waals surface area contributed by atoms with Gasteiger partial charge in [-0.3, -0.25) is 19.3 Å². The minimum absolute atomic E-state index is 0.244. The number of amides is 2. The quantitative estimate of drug-likeness (QED) is 0.431. The van der Waals surface area contributed by atoms with Crippen molar-refractivity contribution in [2.45, 2.75) is 29.6 Å². The Balaban J connectivity index is 1.59. The summed E-state index contributed by atoms with van der Waals surface area (Å²) in [5.41, 5.74) is 3.98. The topological polar surface area (TPSA) is 82.1 Å². The average Bonchev–Trinajstić information content (AvgIpc) is 3.33. The molecule has 0 aromatic heterocycles. The zero-order valence-corrected chi connectivity index (χ0v) is 21.4. The number of fused-ring (bicyclic) bond motifs is 5. The van der Waals surface area contributed by atoms with Crippen molar-refractivity contribution in [3.05, 3.63) is 58.2 Å². The molecule has 2 aromatic carbocycles. The molecule has 7 nitrogen and oxygen atoms in total. The molecule has 1 fully saturated rings. The Bertz CT molecular complexity index is 1360. The first-order valence-corrected chi connectivity index (χ1v) is 12.5. The summed E-state index contributed by atoms with van der Waals surface area (Å²) in [5.74, 6) is -0.484. The first-order chi connectivity index (χ1) is 17.3. The number of hydrogen-bond donors (Lipinski definition) is 0. The molecule has 1 aliphatic heterocycles. The van der Waals surface area contributed by atoms with Gasteiger partial charge in [0.05, 0.1) is 38.5 Å². The van der Waals surface area contributed by atoms with Crippen LogP contribution in [0.4, 0.5) is 0 Å². The first-order valence-electron chi connectivity index (χ1n) is 11.7. The highest BCUT2D eigenvalue weighted by Gasteiger charge is 2.66. The summed E-state index contributed by atoms with van der Waals surface area (Å²) in [7, 11) is 4.61. The maximum atomic E-state index is 13.5. The molecule has 2 aromatic rings. The SMILES string of the molecule is COc1cc2c(c(OC)c1OC)C1=C(CC3C(=O)C(Cl)(Cl)C13)C(N1C(=O)c3ccccc3C1=O)CC2. The van der Waals surface area contributed by atoms with Crippen molar-refractivity contribution < 1.29 is 28.6 Å². The molecule has 4 aliphatic rings. The van der Waals surface area contributed by atoms with Crippen LogP contribution in [0.3, 0.4) is 0 Å². The summed E-state index contributed by atoms with van der Waals surface area (Å²) in [5, 5.41) is 0. The van der Waals surface area contributed by atoms with Crippen LogP contribution in [0, 0.1) is 11.8 Å². The second-order valence-electron chi connectivity index (χ2n) is 9.47. The molecule has 3 unspecified atom stereocenters. The summed E-state index contributed by atoms with van der Waals surface area (Å²) in [6.45, 7) is 0. The number of alkyl halides is 2. The zero-order chi connectivity index (χ0) is 25.5. The molecular formula is C27H23Cl2NO6. The van der Waals surface area contributed by atoms with Crippen LogP contribution in [0.1, 0.15) is 44.7 Å². The lowest BCUT2D eigenvalue weighted by atomic mass is 9.69. The number of carbonyl (C=O) groups is 3. The Hall–Kier alpha value is -3.03. The number of halogens is 2.